The summed E-state index contributed by atoms with van der Waals surface area (Å²) in [5.74, 6) is 0.0613. The lowest BCUT2D eigenvalue weighted by molar-refractivity contribution is -0.121. The first kappa shape index (κ1) is 11.2. The number of nitrogens with one attached hydrogen (secondary N) is 1. The molecule has 0 aliphatic heterocycles. The lowest BCUT2D eigenvalue weighted by Crippen LogP contribution is -2.26. The molecule has 0 aliphatic rings. The Hall–Kier alpha value is -0.900. The molecule has 0 saturated carbocycles. The van der Waals surface area contributed by atoms with Gasteiger partial charge in [-0.25, -0.2) is 0 Å². The van der Waals surface area contributed by atoms with Crippen LogP contribution in [0.1, 0.15) is 24.9 Å². The minimum atomic E-state index is 0.0459. The number of carbonyl (C=O) groups is 1. The molecule has 1 rings (SSSR count). The minimum absolute atomic E-state index is 0.0459. The fourth-order valence-corrected chi connectivity index (χ4v) is 1.50. The third-order valence-corrected chi connectivity index (χ3v) is 2.30. The van der Waals surface area contributed by atoms with Crippen LogP contribution in [0, 0.1) is 0 Å². The van der Waals surface area contributed by atoms with Gasteiger partial charge in [-0.15, -0.1) is 0 Å². The fraction of sp³-hybridized carbons (Fsp3) is 0.400. The standard InChI is InChI=1S/C10H13BrN2O/c1-8(13-10(14)2-5-11)9-3-6-12-7-4-9/h3-4,6-8H,2,5H2,1H3,(H,13,14). The quantitative estimate of drug-likeness (QED) is 0.839. The average molecular weight is 257 g/mol. The van der Waals surface area contributed by atoms with Gasteiger partial charge in [-0.1, -0.05) is 15.9 Å². The number of aromatic nitrogens is 1. The van der Waals surface area contributed by atoms with Crippen LogP contribution in [0.2, 0.25) is 0 Å². The predicted octanol–water partition coefficient (Wildman–Crippen LogP) is 2.04. The summed E-state index contributed by atoms with van der Waals surface area (Å²) in [6, 6.07) is 3.85. The molecule has 4 heteroatoms. The molecule has 0 saturated heterocycles. The molecule has 0 radical (unpaired) electrons. The van der Waals surface area contributed by atoms with Crippen molar-refractivity contribution in [1.82, 2.24) is 10.3 Å². The maximum absolute atomic E-state index is 11.3. The van der Waals surface area contributed by atoms with Crippen LogP contribution in [0.5, 0.6) is 0 Å². The second-order valence-corrected chi connectivity index (χ2v) is 3.80. The van der Waals surface area contributed by atoms with Crippen LogP contribution in [0.25, 0.3) is 0 Å². The van der Waals surface area contributed by atoms with Crippen molar-refractivity contribution in [3.63, 3.8) is 0 Å². The van der Waals surface area contributed by atoms with Crippen LogP contribution in [-0.4, -0.2) is 16.2 Å². The van der Waals surface area contributed by atoms with Gasteiger partial charge in [-0.2, -0.15) is 0 Å². The summed E-state index contributed by atoms with van der Waals surface area (Å²) < 4.78 is 0. The lowest BCUT2D eigenvalue weighted by Gasteiger charge is -2.13. The van der Waals surface area contributed by atoms with Crippen molar-refractivity contribution in [2.24, 2.45) is 0 Å². The normalized spacial score (nSPS) is 12.1. The molecule has 1 atom stereocenters. The molecule has 1 unspecified atom stereocenters. The maximum atomic E-state index is 11.3. The fourth-order valence-electron chi connectivity index (χ4n) is 1.13. The zero-order chi connectivity index (χ0) is 10.4. The number of halogens is 1. The van der Waals surface area contributed by atoms with Gasteiger partial charge in [0.2, 0.25) is 5.91 Å². The smallest absolute Gasteiger partial charge is 0.221 e. The Morgan fingerprint density at radius 1 is 1.57 bits per heavy atom. The Balaban J connectivity index is 2.50. The van der Waals surface area contributed by atoms with E-state index in [0.717, 1.165) is 5.56 Å². The predicted molar refractivity (Wildman–Crippen MR) is 59.2 cm³/mol. The maximum Gasteiger partial charge on any atom is 0.221 e. The molecule has 76 valence electrons. The van der Waals surface area contributed by atoms with Gasteiger partial charge in [-0.3, -0.25) is 9.78 Å². The van der Waals surface area contributed by atoms with Gasteiger partial charge in [-0.05, 0) is 24.6 Å². The summed E-state index contributed by atoms with van der Waals surface area (Å²) >= 11 is 3.23. The van der Waals surface area contributed by atoms with Gasteiger partial charge in [0.25, 0.3) is 0 Å². The van der Waals surface area contributed by atoms with Crippen LogP contribution >= 0.6 is 15.9 Å². The Morgan fingerprint density at radius 2 is 2.21 bits per heavy atom. The van der Waals surface area contributed by atoms with E-state index in [1.54, 1.807) is 12.4 Å². The highest BCUT2D eigenvalue weighted by atomic mass is 79.9. The summed E-state index contributed by atoms with van der Waals surface area (Å²) in [4.78, 5) is 15.2. The summed E-state index contributed by atoms with van der Waals surface area (Å²) in [7, 11) is 0. The zero-order valence-corrected chi connectivity index (χ0v) is 9.62. The van der Waals surface area contributed by atoms with Crippen LogP contribution < -0.4 is 5.32 Å². The third-order valence-electron chi connectivity index (χ3n) is 1.91. The number of rotatable bonds is 4. The largest absolute Gasteiger partial charge is 0.350 e. The Morgan fingerprint density at radius 3 is 2.79 bits per heavy atom. The van der Waals surface area contributed by atoms with Gasteiger partial charge in [0.05, 0.1) is 6.04 Å². The van der Waals surface area contributed by atoms with Gasteiger partial charge in [0, 0.05) is 24.1 Å². The van der Waals surface area contributed by atoms with Gasteiger partial charge >= 0.3 is 0 Å². The number of carbonyl (C=O) groups excluding carboxylic acids is 1. The van der Waals surface area contributed by atoms with E-state index in [1.807, 2.05) is 19.1 Å². The molecule has 1 N–H and O–H groups in total. The molecule has 1 heterocycles. The lowest BCUT2D eigenvalue weighted by atomic mass is 10.1. The number of hydrogen-bond donors (Lipinski definition) is 1. The number of alkyl halides is 1. The number of nitrogens with zero attached hydrogens (tertiary/aromatic N) is 1. The monoisotopic (exact) mass is 256 g/mol. The molecular formula is C10H13BrN2O. The molecule has 0 aromatic carbocycles. The van der Waals surface area contributed by atoms with E-state index in [4.69, 9.17) is 0 Å². The molecule has 1 aromatic heterocycles. The average Bonchev–Trinajstić information content (AvgIpc) is 2.19. The van der Waals surface area contributed by atoms with Crippen LogP contribution in [0.4, 0.5) is 0 Å². The highest BCUT2D eigenvalue weighted by Crippen LogP contribution is 2.10. The molecule has 1 aromatic rings. The van der Waals surface area contributed by atoms with Crippen LogP contribution in [-0.2, 0) is 4.79 Å². The Kier molecular flexibility index (Phi) is 4.59. The SMILES string of the molecule is CC(NC(=O)CCBr)c1ccncc1. The van der Waals surface area contributed by atoms with Gasteiger partial charge < -0.3 is 5.32 Å². The van der Waals surface area contributed by atoms with Crippen molar-refractivity contribution < 1.29 is 4.79 Å². The molecule has 3 nitrogen and oxygen atoms in total. The Bertz CT molecular complexity index is 289. The third kappa shape index (κ3) is 3.46. The highest BCUT2D eigenvalue weighted by Gasteiger charge is 2.07. The topological polar surface area (TPSA) is 42.0 Å². The van der Waals surface area contributed by atoms with Crippen molar-refractivity contribution in [3.05, 3.63) is 30.1 Å². The molecule has 1 amide bonds. The summed E-state index contributed by atoms with van der Waals surface area (Å²) in [5.41, 5.74) is 1.07. The summed E-state index contributed by atoms with van der Waals surface area (Å²) in [6.45, 7) is 1.96. The Labute approximate surface area is 92.1 Å². The first-order chi connectivity index (χ1) is 6.74. The van der Waals surface area contributed by atoms with Crippen LogP contribution in [0.15, 0.2) is 24.5 Å². The van der Waals surface area contributed by atoms with Crippen LogP contribution in [0.3, 0.4) is 0 Å². The van der Waals surface area contributed by atoms with E-state index in [9.17, 15) is 4.79 Å². The van der Waals surface area contributed by atoms with E-state index >= 15 is 0 Å². The van der Waals surface area contributed by atoms with E-state index in [1.165, 1.54) is 0 Å². The van der Waals surface area contributed by atoms with E-state index in [2.05, 4.69) is 26.2 Å². The molecule has 0 fully saturated rings. The number of hydrogen-bond acceptors (Lipinski definition) is 2. The van der Waals surface area contributed by atoms with Crippen molar-refractivity contribution >= 4 is 21.8 Å². The first-order valence-electron chi connectivity index (χ1n) is 4.49. The molecule has 14 heavy (non-hydrogen) atoms. The summed E-state index contributed by atoms with van der Waals surface area (Å²) in [5, 5.41) is 3.60. The molecule has 0 bridgehead atoms. The summed E-state index contributed by atoms with van der Waals surface area (Å²) in [6.07, 6.45) is 3.96. The van der Waals surface area contributed by atoms with Gasteiger partial charge in [0.15, 0.2) is 0 Å². The van der Waals surface area contributed by atoms with Crippen molar-refractivity contribution in [1.29, 1.82) is 0 Å². The van der Waals surface area contributed by atoms with E-state index < -0.39 is 0 Å². The molecule has 0 spiro atoms. The second-order valence-electron chi connectivity index (χ2n) is 3.01. The van der Waals surface area contributed by atoms with Crippen molar-refractivity contribution in [2.75, 3.05) is 5.33 Å². The van der Waals surface area contributed by atoms with Gasteiger partial charge in [0.1, 0.15) is 0 Å². The number of amides is 1. The van der Waals surface area contributed by atoms with Crippen molar-refractivity contribution in [2.45, 2.75) is 19.4 Å². The minimum Gasteiger partial charge on any atom is -0.350 e. The molecule has 0 aliphatic carbocycles. The zero-order valence-electron chi connectivity index (χ0n) is 8.03. The van der Waals surface area contributed by atoms with E-state index in [0.29, 0.717) is 11.8 Å². The van der Waals surface area contributed by atoms with E-state index in [-0.39, 0.29) is 11.9 Å². The second kappa shape index (κ2) is 5.75. The number of pyridine rings is 1. The first-order valence-corrected chi connectivity index (χ1v) is 5.61. The highest BCUT2D eigenvalue weighted by molar-refractivity contribution is 9.09. The van der Waals surface area contributed by atoms with Crippen molar-refractivity contribution in [3.8, 4) is 0 Å². The molecular weight excluding hydrogens is 244 g/mol.